The number of benzene rings is 1. The van der Waals surface area contributed by atoms with Crippen LogP contribution in [0.15, 0.2) is 28.7 Å². The molecule has 18 heavy (non-hydrogen) atoms. The highest BCUT2D eigenvalue weighted by atomic mass is 79.9. The molecule has 0 amide bonds. The third-order valence-corrected chi connectivity index (χ3v) is 4.14. The maximum Gasteiger partial charge on any atom is 0.0332 e. The molecule has 0 aromatic heterocycles. The van der Waals surface area contributed by atoms with Crippen LogP contribution in [0.25, 0.3) is 0 Å². The fourth-order valence-corrected chi connectivity index (χ4v) is 2.80. The molecule has 0 radical (unpaired) electrons. The van der Waals surface area contributed by atoms with Crippen LogP contribution in [0.4, 0.5) is 0 Å². The van der Waals surface area contributed by atoms with Crippen LogP contribution in [-0.4, -0.2) is 31.1 Å². The Bertz CT molecular complexity index is 377. The number of hydrogen-bond acceptors (Lipinski definition) is 2. The molecule has 1 aromatic carbocycles. The third kappa shape index (κ3) is 4.08. The van der Waals surface area contributed by atoms with Gasteiger partial charge in [0.25, 0.3) is 0 Å². The minimum absolute atomic E-state index is 0.466. The molecule has 3 heteroatoms. The molecule has 0 heterocycles. The highest BCUT2D eigenvalue weighted by molar-refractivity contribution is 9.10. The second kappa shape index (κ2) is 6.69. The summed E-state index contributed by atoms with van der Waals surface area (Å²) >= 11 is 3.56. The van der Waals surface area contributed by atoms with Gasteiger partial charge in [0.2, 0.25) is 0 Å². The SMILES string of the molecule is CCNC(CCN(C)C1CC1)c1cccc(Br)c1. The first-order chi connectivity index (χ1) is 8.70. The Morgan fingerprint density at radius 1 is 1.44 bits per heavy atom. The average molecular weight is 311 g/mol. The molecular formula is C15H23BrN2. The van der Waals surface area contributed by atoms with E-state index in [1.54, 1.807) is 0 Å². The molecule has 1 fully saturated rings. The van der Waals surface area contributed by atoms with Gasteiger partial charge in [0.15, 0.2) is 0 Å². The molecule has 1 aliphatic carbocycles. The van der Waals surface area contributed by atoms with Gasteiger partial charge in [-0.05, 0) is 57.1 Å². The van der Waals surface area contributed by atoms with Crippen LogP contribution >= 0.6 is 15.9 Å². The van der Waals surface area contributed by atoms with Crippen molar-refractivity contribution >= 4 is 15.9 Å². The molecule has 100 valence electrons. The topological polar surface area (TPSA) is 15.3 Å². The molecule has 1 saturated carbocycles. The first-order valence-electron chi connectivity index (χ1n) is 6.89. The van der Waals surface area contributed by atoms with Crippen molar-refractivity contribution in [3.63, 3.8) is 0 Å². The first-order valence-corrected chi connectivity index (χ1v) is 7.69. The number of rotatable bonds is 7. The standard InChI is InChI=1S/C15H23BrN2/c1-3-17-15(9-10-18(2)14-7-8-14)12-5-4-6-13(16)11-12/h4-6,11,14-15,17H,3,7-10H2,1-2H3. The van der Waals surface area contributed by atoms with E-state index in [4.69, 9.17) is 0 Å². The van der Waals surface area contributed by atoms with E-state index < -0.39 is 0 Å². The van der Waals surface area contributed by atoms with Gasteiger partial charge in [0.05, 0.1) is 0 Å². The van der Waals surface area contributed by atoms with Crippen molar-refractivity contribution in [1.29, 1.82) is 0 Å². The van der Waals surface area contributed by atoms with Crippen LogP contribution in [0.2, 0.25) is 0 Å². The molecule has 1 aliphatic rings. The Balaban J connectivity index is 1.93. The van der Waals surface area contributed by atoms with E-state index in [2.05, 4.69) is 64.4 Å². The van der Waals surface area contributed by atoms with Crippen LogP contribution in [0.3, 0.4) is 0 Å². The quantitative estimate of drug-likeness (QED) is 0.828. The molecule has 0 saturated heterocycles. The highest BCUT2D eigenvalue weighted by Crippen LogP contribution is 2.27. The van der Waals surface area contributed by atoms with E-state index in [-0.39, 0.29) is 0 Å². The monoisotopic (exact) mass is 310 g/mol. The van der Waals surface area contributed by atoms with Crippen molar-refractivity contribution < 1.29 is 0 Å². The summed E-state index contributed by atoms with van der Waals surface area (Å²) in [6, 6.07) is 9.97. The maximum absolute atomic E-state index is 3.59. The Morgan fingerprint density at radius 3 is 2.83 bits per heavy atom. The summed E-state index contributed by atoms with van der Waals surface area (Å²) in [6.07, 6.45) is 3.95. The fraction of sp³-hybridized carbons (Fsp3) is 0.600. The second-order valence-corrected chi connectivity index (χ2v) is 6.08. The van der Waals surface area contributed by atoms with Gasteiger partial charge < -0.3 is 10.2 Å². The largest absolute Gasteiger partial charge is 0.310 e. The van der Waals surface area contributed by atoms with Crippen LogP contribution in [0, 0.1) is 0 Å². The predicted molar refractivity (Wildman–Crippen MR) is 80.8 cm³/mol. The Morgan fingerprint density at radius 2 is 2.22 bits per heavy atom. The zero-order chi connectivity index (χ0) is 13.0. The lowest BCUT2D eigenvalue weighted by molar-refractivity contribution is 0.299. The van der Waals surface area contributed by atoms with Crippen molar-refractivity contribution in [2.45, 2.75) is 38.3 Å². The number of halogens is 1. The lowest BCUT2D eigenvalue weighted by Gasteiger charge is -2.22. The molecule has 0 bridgehead atoms. The summed E-state index contributed by atoms with van der Waals surface area (Å²) in [6.45, 7) is 4.37. The fourth-order valence-electron chi connectivity index (χ4n) is 2.39. The van der Waals surface area contributed by atoms with Crippen LogP contribution in [-0.2, 0) is 0 Å². The summed E-state index contributed by atoms with van der Waals surface area (Å²) in [4.78, 5) is 2.50. The summed E-state index contributed by atoms with van der Waals surface area (Å²) < 4.78 is 1.17. The summed E-state index contributed by atoms with van der Waals surface area (Å²) in [7, 11) is 2.25. The second-order valence-electron chi connectivity index (χ2n) is 5.17. The highest BCUT2D eigenvalue weighted by Gasteiger charge is 2.26. The third-order valence-electron chi connectivity index (χ3n) is 3.64. The zero-order valence-corrected chi connectivity index (χ0v) is 12.9. The van der Waals surface area contributed by atoms with E-state index in [0.29, 0.717) is 6.04 Å². The van der Waals surface area contributed by atoms with Gasteiger partial charge in [0, 0.05) is 16.6 Å². The van der Waals surface area contributed by atoms with E-state index in [0.717, 1.165) is 12.6 Å². The lowest BCUT2D eigenvalue weighted by atomic mass is 10.0. The van der Waals surface area contributed by atoms with Crippen molar-refractivity contribution in [2.24, 2.45) is 0 Å². The van der Waals surface area contributed by atoms with Gasteiger partial charge in [-0.25, -0.2) is 0 Å². The molecule has 1 aromatic rings. The first kappa shape index (κ1) is 14.0. The molecule has 1 N–H and O–H groups in total. The zero-order valence-electron chi connectivity index (χ0n) is 11.3. The van der Waals surface area contributed by atoms with Crippen LogP contribution in [0.1, 0.15) is 37.8 Å². The van der Waals surface area contributed by atoms with E-state index in [9.17, 15) is 0 Å². The number of nitrogens with zero attached hydrogens (tertiary/aromatic N) is 1. The van der Waals surface area contributed by atoms with Gasteiger partial charge in [-0.2, -0.15) is 0 Å². The molecule has 1 atom stereocenters. The molecule has 1 unspecified atom stereocenters. The van der Waals surface area contributed by atoms with E-state index in [1.807, 2.05) is 0 Å². The van der Waals surface area contributed by atoms with Gasteiger partial charge in [-0.3, -0.25) is 0 Å². The number of hydrogen-bond donors (Lipinski definition) is 1. The van der Waals surface area contributed by atoms with Gasteiger partial charge >= 0.3 is 0 Å². The summed E-state index contributed by atoms with van der Waals surface area (Å²) in [5.41, 5.74) is 1.38. The minimum Gasteiger partial charge on any atom is -0.310 e. The summed E-state index contributed by atoms with van der Waals surface area (Å²) in [5.74, 6) is 0. The van der Waals surface area contributed by atoms with E-state index >= 15 is 0 Å². The van der Waals surface area contributed by atoms with Gasteiger partial charge in [0.1, 0.15) is 0 Å². The molecular weight excluding hydrogens is 288 g/mol. The Kier molecular flexibility index (Phi) is 5.22. The maximum atomic E-state index is 3.59. The van der Waals surface area contributed by atoms with Crippen molar-refractivity contribution in [1.82, 2.24) is 10.2 Å². The van der Waals surface area contributed by atoms with Crippen molar-refractivity contribution in [3.05, 3.63) is 34.3 Å². The molecule has 0 aliphatic heterocycles. The van der Waals surface area contributed by atoms with Gasteiger partial charge in [-0.1, -0.05) is 35.0 Å². The van der Waals surface area contributed by atoms with E-state index in [1.165, 1.54) is 35.8 Å². The molecule has 2 nitrogen and oxygen atoms in total. The average Bonchev–Trinajstić information content (AvgIpc) is 3.18. The minimum atomic E-state index is 0.466. The Hall–Kier alpha value is -0.380. The molecule has 2 rings (SSSR count). The Labute approximate surface area is 119 Å². The number of nitrogens with one attached hydrogen (secondary N) is 1. The summed E-state index contributed by atoms with van der Waals surface area (Å²) in [5, 5.41) is 3.59. The van der Waals surface area contributed by atoms with Gasteiger partial charge in [-0.15, -0.1) is 0 Å². The predicted octanol–water partition coefficient (Wildman–Crippen LogP) is 3.58. The van der Waals surface area contributed by atoms with Crippen LogP contribution in [0.5, 0.6) is 0 Å². The van der Waals surface area contributed by atoms with Crippen molar-refractivity contribution in [3.8, 4) is 0 Å². The normalized spacial score (nSPS) is 17.1. The smallest absolute Gasteiger partial charge is 0.0332 e. The van der Waals surface area contributed by atoms with Crippen molar-refractivity contribution in [2.75, 3.05) is 20.1 Å². The van der Waals surface area contributed by atoms with Crippen LogP contribution < -0.4 is 5.32 Å². The lowest BCUT2D eigenvalue weighted by Crippen LogP contribution is -2.28. The molecule has 0 spiro atoms.